The first kappa shape index (κ1) is 20.7. The number of carbonyl (C=O) groups excluding carboxylic acids is 1. The minimum Gasteiger partial charge on any atom is -0.504 e. The van der Waals surface area contributed by atoms with Crippen LogP contribution in [-0.2, 0) is 17.8 Å². The lowest BCUT2D eigenvalue weighted by Crippen LogP contribution is -2.37. The van der Waals surface area contributed by atoms with Gasteiger partial charge >= 0.3 is 0 Å². The fourth-order valence-electron chi connectivity index (χ4n) is 4.79. The average molecular weight is 409 g/mol. The minimum atomic E-state index is 0.190. The summed E-state index contributed by atoms with van der Waals surface area (Å²) in [4.78, 5) is 15.0. The third-order valence-electron chi connectivity index (χ3n) is 6.79. The molecule has 2 aliphatic rings. The number of phenols is 1. The number of rotatable bonds is 8. The van der Waals surface area contributed by atoms with E-state index < -0.39 is 0 Å². The summed E-state index contributed by atoms with van der Waals surface area (Å²) in [6, 6.07) is 16.0. The number of methoxy groups -OCH3 is 1. The Hall–Kier alpha value is -2.53. The molecular weight excluding hydrogens is 376 g/mol. The maximum atomic E-state index is 12.6. The van der Waals surface area contributed by atoms with Gasteiger partial charge in [0.2, 0.25) is 5.91 Å². The van der Waals surface area contributed by atoms with Crippen molar-refractivity contribution in [2.45, 2.75) is 38.6 Å². The van der Waals surface area contributed by atoms with Crippen LogP contribution in [0.15, 0.2) is 48.5 Å². The molecule has 0 bridgehead atoms. The third kappa shape index (κ3) is 4.78. The van der Waals surface area contributed by atoms with Crippen molar-refractivity contribution in [2.24, 2.45) is 11.3 Å². The van der Waals surface area contributed by atoms with Gasteiger partial charge in [0.15, 0.2) is 11.5 Å². The highest BCUT2D eigenvalue weighted by atomic mass is 16.5. The number of hydrogen-bond donors (Lipinski definition) is 2. The molecule has 1 heterocycles. The van der Waals surface area contributed by atoms with Crippen molar-refractivity contribution < 1.29 is 14.6 Å². The van der Waals surface area contributed by atoms with Crippen LogP contribution in [0.5, 0.6) is 11.5 Å². The van der Waals surface area contributed by atoms with Crippen LogP contribution < -0.4 is 10.1 Å². The van der Waals surface area contributed by atoms with E-state index in [9.17, 15) is 9.90 Å². The fourth-order valence-corrected chi connectivity index (χ4v) is 4.79. The highest BCUT2D eigenvalue weighted by molar-refractivity contribution is 5.82. The molecule has 1 aliphatic heterocycles. The summed E-state index contributed by atoms with van der Waals surface area (Å²) in [6.45, 7) is 3.59. The van der Waals surface area contributed by atoms with E-state index >= 15 is 0 Å². The molecule has 160 valence electrons. The van der Waals surface area contributed by atoms with Crippen LogP contribution in [-0.4, -0.2) is 42.7 Å². The van der Waals surface area contributed by atoms with Gasteiger partial charge in [-0.15, -0.1) is 0 Å². The molecule has 2 fully saturated rings. The van der Waals surface area contributed by atoms with Crippen LogP contribution in [0.4, 0.5) is 0 Å². The number of nitrogens with zero attached hydrogens (tertiary/aromatic N) is 1. The maximum absolute atomic E-state index is 12.6. The molecule has 2 N–H and O–H groups in total. The quantitative estimate of drug-likeness (QED) is 0.653. The molecule has 0 radical (unpaired) electrons. The molecule has 2 aromatic rings. The Morgan fingerprint density at radius 2 is 1.93 bits per heavy atom. The topological polar surface area (TPSA) is 61.8 Å². The first-order chi connectivity index (χ1) is 14.6. The van der Waals surface area contributed by atoms with E-state index in [0.29, 0.717) is 5.75 Å². The van der Waals surface area contributed by atoms with Crippen molar-refractivity contribution in [2.75, 3.05) is 26.7 Å². The van der Waals surface area contributed by atoms with Crippen molar-refractivity contribution in [3.63, 3.8) is 0 Å². The van der Waals surface area contributed by atoms with E-state index in [4.69, 9.17) is 4.74 Å². The second-order valence-corrected chi connectivity index (χ2v) is 8.78. The van der Waals surface area contributed by atoms with Gasteiger partial charge in [0.1, 0.15) is 0 Å². The smallest absolute Gasteiger partial charge is 0.223 e. The second-order valence-electron chi connectivity index (χ2n) is 8.78. The van der Waals surface area contributed by atoms with Gasteiger partial charge in [-0.2, -0.15) is 0 Å². The Kier molecular flexibility index (Phi) is 6.28. The normalized spacial score (nSPS) is 20.1. The summed E-state index contributed by atoms with van der Waals surface area (Å²) in [7, 11) is 1.56. The first-order valence-electron chi connectivity index (χ1n) is 11.0. The summed E-state index contributed by atoms with van der Waals surface area (Å²) >= 11 is 0. The second kappa shape index (κ2) is 9.09. The van der Waals surface area contributed by atoms with Crippen molar-refractivity contribution in [3.05, 3.63) is 59.7 Å². The predicted octanol–water partition coefficient (Wildman–Crippen LogP) is 3.75. The van der Waals surface area contributed by atoms with Gasteiger partial charge in [-0.3, -0.25) is 9.69 Å². The lowest BCUT2D eigenvalue weighted by Gasteiger charge is -2.32. The fraction of sp³-hybridized carbons (Fsp3) is 0.480. The number of nitrogens with one attached hydrogen (secondary N) is 1. The molecule has 5 nitrogen and oxygen atoms in total. The monoisotopic (exact) mass is 408 g/mol. The zero-order chi connectivity index (χ0) is 21.0. The van der Waals surface area contributed by atoms with Gasteiger partial charge in [-0.05, 0) is 73.9 Å². The van der Waals surface area contributed by atoms with Gasteiger partial charge in [0, 0.05) is 19.0 Å². The SMILES string of the molecule is COc1ccc(CN2CCC3(CC2)C[C@H]3C(=O)NCCCc2ccccc2)cc1O. The molecular formula is C25H32N2O3. The number of ether oxygens (including phenoxy) is 1. The van der Waals surface area contributed by atoms with Gasteiger partial charge in [-0.1, -0.05) is 36.4 Å². The van der Waals surface area contributed by atoms with Crippen molar-refractivity contribution in [1.82, 2.24) is 10.2 Å². The number of likely N-dealkylation sites (tertiary alicyclic amines) is 1. The number of amides is 1. The maximum Gasteiger partial charge on any atom is 0.223 e. The first-order valence-corrected chi connectivity index (χ1v) is 11.0. The predicted molar refractivity (Wildman–Crippen MR) is 117 cm³/mol. The van der Waals surface area contributed by atoms with E-state index in [2.05, 4.69) is 34.5 Å². The van der Waals surface area contributed by atoms with Crippen LogP contribution in [0.2, 0.25) is 0 Å². The van der Waals surface area contributed by atoms with Crippen LogP contribution in [0.25, 0.3) is 0 Å². The van der Waals surface area contributed by atoms with Gasteiger partial charge in [0.05, 0.1) is 7.11 Å². The molecule has 1 atom stereocenters. The molecule has 1 saturated heterocycles. The van der Waals surface area contributed by atoms with Gasteiger partial charge in [0.25, 0.3) is 0 Å². The summed E-state index contributed by atoms with van der Waals surface area (Å²) in [6.07, 6.45) is 5.19. The lowest BCUT2D eigenvalue weighted by atomic mass is 9.90. The van der Waals surface area contributed by atoms with E-state index in [1.54, 1.807) is 13.2 Å². The molecule has 1 spiro atoms. The zero-order valence-corrected chi connectivity index (χ0v) is 17.8. The van der Waals surface area contributed by atoms with E-state index in [1.807, 2.05) is 18.2 Å². The third-order valence-corrected chi connectivity index (χ3v) is 6.79. The van der Waals surface area contributed by atoms with E-state index in [0.717, 1.165) is 63.8 Å². The van der Waals surface area contributed by atoms with Gasteiger partial charge < -0.3 is 15.2 Å². The largest absolute Gasteiger partial charge is 0.504 e. The summed E-state index contributed by atoms with van der Waals surface area (Å²) in [5, 5.41) is 13.1. The highest BCUT2D eigenvalue weighted by Gasteiger charge is 2.58. The van der Waals surface area contributed by atoms with Crippen molar-refractivity contribution in [1.29, 1.82) is 0 Å². The van der Waals surface area contributed by atoms with Crippen molar-refractivity contribution >= 4 is 5.91 Å². The zero-order valence-electron chi connectivity index (χ0n) is 17.8. The Balaban J connectivity index is 1.18. The van der Waals surface area contributed by atoms with Crippen LogP contribution in [0.3, 0.4) is 0 Å². The standard InChI is InChI=1S/C25H32N2O3/c1-30-23-10-9-20(16-22(23)28)18-27-14-11-25(12-15-27)17-21(25)24(29)26-13-5-8-19-6-3-2-4-7-19/h2-4,6-7,9-10,16,21,28H,5,8,11-15,17-18H2,1H3,(H,26,29)/t21-/m0/s1. The number of piperidine rings is 1. The summed E-state index contributed by atoms with van der Waals surface area (Å²) in [5.41, 5.74) is 2.64. The lowest BCUT2D eigenvalue weighted by molar-refractivity contribution is -0.123. The molecule has 1 amide bonds. The number of aromatic hydroxyl groups is 1. The molecule has 30 heavy (non-hydrogen) atoms. The Morgan fingerprint density at radius 1 is 1.17 bits per heavy atom. The summed E-state index contributed by atoms with van der Waals surface area (Å²) in [5.74, 6) is 1.14. The van der Waals surface area contributed by atoms with Gasteiger partial charge in [-0.25, -0.2) is 0 Å². The number of aryl methyl sites for hydroxylation is 1. The van der Waals surface area contributed by atoms with E-state index in [1.165, 1.54) is 5.56 Å². The molecule has 1 saturated carbocycles. The average Bonchev–Trinajstić information content (AvgIpc) is 3.47. The Morgan fingerprint density at radius 3 is 2.63 bits per heavy atom. The van der Waals surface area contributed by atoms with E-state index in [-0.39, 0.29) is 23.0 Å². The molecule has 4 rings (SSSR count). The minimum absolute atomic E-state index is 0.190. The van der Waals surface area contributed by atoms with Crippen LogP contribution >= 0.6 is 0 Å². The van der Waals surface area contributed by atoms with Crippen molar-refractivity contribution in [3.8, 4) is 11.5 Å². The number of benzene rings is 2. The number of phenolic OH excluding ortho intramolecular Hbond substituents is 1. The van der Waals surface area contributed by atoms with Crippen LogP contribution in [0, 0.1) is 11.3 Å². The molecule has 0 unspecified atom stereocenters. The Labute approximate surface area is 179 Å². The highest BCUT2D eigenvalue weighted by Crippen LogP contribution is 2.59. The number of carbonyl (C=O) groups is 1. The summed E-state index contributed by atoms with van der Waals surface area (Å²) < 4.78 is 5.12. The van der Waals surface area contributed by atoms with Crippen LogP contribution in [0.1, 0.15) is 36.8 Å². The number of hydrogen-bond acceptors (Lipinski definition) is 4. The Bertz CT molecular complexity index is 860. The molecule has 1 aliphatic carbocycles. The molecule has 5 heteroatoms. The molecule has 0 aromatic heterocycles. The molecule has 2 aromatic carbocycles.